The molecule has 0 bridgehead atoms. The average Bonchev–Trinajstić information content (AvgIpc) is 2.90. The Morgan fingerprint density at radius 2 is 1.82 bits per heavy atom. The third kappa shape index (κ3) is 7.58. The van der Waals surface area contributed by atoms with Crippen LogP contribution in [0, 0.1) is 0 Å². The van der Waals surface area contributed by atoms with Gasteiger partial charge in [0.25, 0.3) is 0 Å². The second-order valence-corrected chi connectivity index (χ2v) is 8.39. The summed E-state index contributed by atoms with van der Waals surface area (Å²) in [7, 11) is 0. The number of benzene rings is 1. The van der Waals surface area contributed by atoms with E-state index in [0.717, 1.165) is 37.0 Å². The number of anilines is 1. The maximum absolute atomic E-state index is 13.2. The fraction of sp³-hybridized carbons (Fsp3) is 0.615. The molecule has 190 valence electrons. The predicted octanol–water partition coefficient (Wildman–Crippen LogP) is 7.52. The van der Waals surface area contributed by atoms with Gasteiger partial charge < -0.3 is 15.2 Å². The minimum atomic E-state index is -4.56. The zero-order valence-electron chi connectivity index (χ0n) is 20.8. The topological polar surface area (TPSA) is 67.3 Å². The van der Waals surface area contributed by atoms with E-state index < -0.39 is 17.5 Å². The van der Waals surface area contributed by atoms with E-state index in [1.54, 1.807) is 0 Å². The molecule has 0 saturated carbocycles. The molecule has 1 atom stereocenters. The number of fused-ring (bicyclic) bond motifs is 3. The molecular weight excluding hydrogens is 443 g/mol. The number of phenolic OH excluding ortho intramolecular Hbond substituents is 1. The van der Waals surface area contributed by atoms with Gasteiger partial charge in [-0.15, -0.1) is 10.2 Å². The lowest BCUT2D eigenvalue weighted by Crippen LogP contribution is -2.19. The molecule has 2 aromatic rings. The number of phenols is 1. The lowest BCUT2D eigenvalue weighted by molar-refractivity contribution is -0.137. The van der Waals surface area contributed by atoms with E-state index in [4.69, 9.17) is 4.74 Å². The van der Waals surface area contributed by atoms with Crippen LogP contribution < -0.4 is 5.32 Å². The van der Waals surface area contributed by atoms with E-state index >= 15 is 0 Å². The number of halogens is 3. The minimum Gasteiger partial charge on any atom is -0.507 e. The number of nitrogens with one attached hydrogen (secondary N) is 1. The van der Waals surface area contributed by atoms with Crippen LogP contribution in [0.4, 0.5) is 19.0 Å². The Kier molecular flexibility index (Phi) is 11.1. The van der Waals surface area contributed by atoms with E-state index in [1.165, 1.54) is 19.3 Å². The van der Waals surface area contributed by atoms with Crippen molar-refractivity contribution in [1.82, 2.24) is 10.2 Å². The van der Waals surface area contributed by atoms with Gasteiger partial charge in [0.05, 0.1) is 12.2 Å². The van der Waals surface area contributed by atoms with E-state index in [2.05, 4.69) is 29.4 Å². The highest BCUT2D eigenvalue weighted by molar-refractivity contribution is 5.74. The van der Waals surface area contributed by atoms with Gasteiger partial charge in [0.2, 0.25) is 0 Å². The number of nitrogens with zero attached hydrogens (tertiary/aromatic N) is 2. The van der Waals surface area contributed by atoms with E-state index in [1.807, 2.05) is 19.9 Å². The van der Waals surface area contributed by atoms with Crippen molar-refractivity contribution >= 4 is 5.82 Å². The second kappa shape index (κ2) is 13.5. The van der Waals surface area contributed by atoms with Crippen LogP contribution in [0.2, 0.25) is 0 Å². The molecule has 2 N–H and O–H groups in total. The Morgan fingerprint density at radius 3 is 2.50 bits per heavy atom. The molecule has 0 saturated heterocycles. The van der Waals surface area contributed by atoms with Gasteiger partial charge in [-0.3, -0.25) is 0 Å². The van der Waals surface area contributed by atoms with E-state index in [0.29, 0.717) is 31.0 Å². The molecular formula is C26H38F3N3O2. The summed E-state index contributed by atoms with van der Waals surface area (Å²) in [6.45, 7) is 8.71. The number of hydrogen-bond donors (Lipinski definition) is 2. The zero-order valence-corrected chi connectivity index (χ0v) is 20.8. The van der Waals surface area contributed by atoms with Crippen molar-refractivity contribution in [3.05, 3.63) is 34.9 Å². The van der Waals surface area contributed by atoms with Crippen molar-refractivity contribution in [1.29, 1.82) is 0 Å². The highest BCUT2D eigenvalue weighted by atomic mass is 19.4. The number of hydrogen-bond acceptors (Lipinski definition) is 5. The van der Waals surface area contributed by atoms with E-state index in [-0.39, 0.29) is 23.8 Å². The van der Waals surface area contributed by atoms with Crippen LogP contribution in [-0.4, -0.2) is 28.0 Å². The first-order chi connectivity index (χ1) is 16.3. The van der Waals surface area contributed by atoms with Gasteiger partial charge >= 0.3 is 6.18 Å². The molecule has 0 spiro atoms. The molecule has 0 aliphatic carbocycles. The van der Waals surface area contributed by atoms with Gasteiger partial charge in [-0.25, -0.2) is 0 Å². The molecule has 3 rings (SSSR count). The minimum absolute atomic E-state index is 0.0242. The molecule has 1 aromatic carbocycles. The van der Waals surface area contributed by atoms with Crippen LogP contribution in [0.25, 0.3) is 11.3 Å². The van der Waals surface area contributed by atoms with Crippen LogP contribution in [0.5, 0.6) is 5.75 Å². The number of rotatable bonds is 8. The Hall–Kier alpha value is -2.35. The van der Waals surface area contributed by atoms with Crippen LogP contribution >= 0.6 is 0 Å². The summed E-state index contributed by atoms with van der Waals surface area (Å²) < 4.78 is 45.3. The number of alkyl halides is 3. The summed E-state index contributed by atoms with van der Waals surface area (Å²) in [6.07, 6.45) is 3.58. The van der Waals surface area contributed by atoms with Gasteiger partial charge in [-0.2, -0.15) is 13.2 Å². The zero-order chi connectivity index (χ0) is 25.1. The van der Waals surface area contributed by atoms with Gasteiger partial charge in [-0.05, 0) is 55.0 Å². The summed E-state index contributed by atoms with van der Waals surface area (Å²) in [5.74, 6) is 0.193. The van der Waals surface area contributed by atoms with Crippen molar-refractivity contribution < 1.29 is 23.0 Å². The number of unbranched alkanes of at least 4 members (excludes halogenated alkanes) is 3. The number of aryl methyl sites for hydroxylation is 1. The van der Waals surface area contributed by atoms with Crippen LogP contribution in [-0.2, 0) is 23.9 Å². The third-order valence-corrected chi connectivity index (χ3v) is 5.88. The number of aromatic hydroxyl groups is 1. The largest absolute Gasteiger partial charge is 0.507 e. The molecule has 1 aromatic heterocycles. The first kappa shape index (κ1) is 27.9. The second-order valence-electron chi connectivity index (χ2n) is 8.39. The number of aromatic nitrogens is 2. The molecule has 0 fully saturated rings. The van der Waals surface area contributed by atoms with Gasteiger partial charge in [0.1, 0.15) is 17.3 Å². The first-order valence-electron chi connectivity index (χ1n) is 12.5. The van der Waals surface area contributed by atoms with Crippen LogP contribution in [0.1, 0.15) is 89.3 Å². The summed E-state index contributed by atoms with van der Waals surface area (Å²) in [4.78, 5) is 0. The monoisotopic (exact) mass is 481 g/mol. The highest BCUT2D eigenvalue weighted by Gasteiger charge is 2.33. The van der Waals surface area contributed by atoms with Crippen LogP contribution in [0.15, 0.2) is 18.2 Å². The lowest BCUT2D eigenvalue weighted by atomic mass is 9.96. The number of ether oxygens (including phenoxy) is 1. The smallest absolute Gasteiger partial charge is 0.416 e. The fourth-order valence-electron chi connectivity index (χ4n) is 4.09. The molecule has 8 heteroatoms. The van der Waals surface area contributed by atoms with Crippen molar-refractivity contribution in [3.8, 4) is 17.0 Å². The molecule has 0 radical (unpaired) electrons. The normalized spacial score (nSPS) is 14.4. The highest BCUT2D eigenvalue weighted by Crippen LogP contribution is 2.41. The average molecular weight is 482 g/mol. The molecule has 1 unspecified atom stereocenters. The van der Waals surface area contributed by atoms with Gasteiger partial charge in [0.15, 0.2) is 0 Å². The summed E-state index contributed by atoms with van der Waals surface area (Å²) in [5.41, 5.74) is 0.875. The standard InChI is InChI=1S/C24H32F3N3O2.C2H6/c1-3-5-6-7-10-19(4-2)28-21-13-16-9-8-11-32-15-17-12-18(24(25,26)27)14-20(31)22(17)23(16)30-29-21;1-2/h12-14,19,31H,3-11,15H2,1-2H3,(H,28,29);1-2H3. The maximum Gasteiger partial charge on any atom is 0.416 e. The fourth-order valence-corrected chi connectivity index (χ4v) is 4.09. The third-order valence-electron chi connectivity index (χ3n) is 5.88. The molecule has 34 heavy (non-hydrogen) atoms. The Balaban J connectivity index is 0.00000199. The van der Waals surface area contributed by atoms with Crippen molar-refractivity contribution in [2.75, 3.05) is 11.9 Å². The quantitative estimate of drug-likeness (QED) is 0.382. The van der Waals surface area contributed by atoms with Crippen molar-refractivity contribution in [2.24, 2.45) is 0 Å². The Bertz CT molecular complexity index is 904. The SMILES string of the molecule is CC.CCCCCCC(CC)Nc1cc2c(nn1)-c1c(O)cc(C(F)(F)F)cc1COCCC2. The Labute approximate surface area is 201 Å². The lowest BCUT2D eigenvalue weighted by Gasteiger charge is -2.19. The Morgan fingerprint density at radius 1 is 1.06 bits per heavy atom. The molecule has 5 nitrogen and oxygen atoms in total. The van der Waals surface area contributed by atoms with Gasteiger partial charge in [0, 0.05) is 18.2 Å². The molecule has 1 aliphatic rings. The molecule has 0 amide bonds. The van der Waals surface area contributed by atoms with Gasteiger partial charge in [-0.1, -0.05) is 53.4 Å². The summed E-state index contributed by atoms with van der Waals surface area (Å²) in [5, 5.41) is 22.6. The maximum atomic E-state index is 13.2. The van der Waals surface area contributed by atoms with Crippen molar-refractivity contribution in [3.63, 3.8) is 0 Å². The summed E-state index contributed by atoms with van der Waals surface area (Å²) >= 11 is 0. The first-order valence-corrected chi connectivity index (χ1v) is 12.5. The van der Waals surface area contributed by atoms with Crippen LogP contribution in [0.3, 0.4) is 0 Å². The van der Waals surface area contributed by atoms with E-state index in [9.17, 15) is 18.3 Å². The molecule has 2 heterocycles. The summed E-state index contributed by atoms with van der Waals surface area (Å²) in [6, 6.07) is 3.97. The molecule has 1 aliphatic heterocycles. The van der Waals surface area contributed by atoms with Crippen molar-refractivity contribution in [2.45, 2.75) is 97.9 Å². The predicted molar refractivity (Wildman–Crippen MR) is 130 cm³/mol.